The lowest BCUT2D eigenvalue weighted by atomic mass is 10.1. The van der Waals surface area contributed by atoms with Crippen molar-refractivity contribution in [2.45, 2.75) is 39.7 Å². The van der Waals surface area contributed by atoms with Gasteiger partial charge in [-0.2, -0.15) is 0 Å². The van der Waals surface area contributed by atoms with Gasteiger partial charge in [0.25, 0.3) is 0 Å². The SMILES string of the molecule is CCc1cc(N2CCN(C(CC)C(N)=S)CC2)nc(C)n1. The lowest BCUT2D eigenvalue weighted by Crippen LogP contribution is -2.53. The summed E-state index contributed by atoms with van der Waals surface area (Å²) in [5.74, 6) is 1.89. The molecule has 0 aliphatic carbocycles. The standard InChI is InChI=1S/C15H25N5S/c1-4-12-10-14(18-11(3)17-12)20-8-6-19(7-9-20)13(5-2)15(16)21/h10,13H,4-9H2,1-3H3,(H2,16,21). The van der Waals surface area contributed by atoms with Crippen molar-refractivity contribution < 1.29 is 0 Å². The van der Waals surface area contributed by atoms with Crippen molar-refractivity contribution in [2.75, 3.05) is 31.1 Å². The number of hydrogen-bond donors (Lipinski definition) is 1. The van der Waals surface area contributed by atoms with E-state index in [4.69, 9.17) is 18.0 Å². The second kappa shape index (κ2) is 7.13. The number of rotatable bonds is 5. The summed E-state index contributed by atoms with van der Waals surface area (Å²) in [6.45, 7) is 10.1. The maximum Gasteiger partial charge on any atom is 0.132 e. The molecule has 1 unspecified atom stereocenters. The van der Waals surface area contributed by atoms with Crippen LogP contribution in [0.15, 0.2) is 6.07 Å². The molecule has 0 bridgehead atoms. The Labute approximate surface area is 132 Å². The third-order valence-corrected chi connectivity index (χ3v) is 4.31. The molecule has 1 aromatic rings. The predicted molar refractivity (Wildman–Crippen MR) is 90.8 cm³/mol. The molecule has 1 fully saturated rings. The van der Waals surface area contributed by atoms with E-state index in [1.165, 1.54) is 0 Å². The van der Waals surface area contributed by atoms with Gasteiger partial charge in [0.15, 0.2) is 0 Å². The maximum atomic E-state index is 5.84. The minimum Gasteiger partial charge on any atom is -0.392 e. The first-order chi connectivity index (χ1) is 10.0. The summed E-state index contributed by atoms with van der Waals surface area (Å²) in [6.07, 6.45) is 1.91. The lowest BCUT2D eigenvalue weighted by molar-refractivity contribution is 0.224. The van der Waals surface area contributed by atoms with Crippen molar-refractivity contribution in [2.24, 2.45) is 5.73 Å². The number of piperazine rings is 1. The minimum absolute atomic E-state index is 0.223. The topological polar surface area (TPSA) is 58.3 Å². The molecule has 0 aromatic carbocycles. The number of nitrogens with two attached hydrogens (primary N) is 1. The number of thiocarbonyl (C=S) groups is 1. The van der Waals surface area contributed by atoms with Gasteiger partial charge < -0.3 is 10.6 Å². The zero-order valence-electron chi connectivity index (χ0n) is 13.2. The summed E-state index contributed by atoms with van der Waals surface area (Å²) in [5, 5.41) is 0. The molecule has 5 nitrogen and oxygen atoms in total. The summed E-state index contributed by atoms with van der Waals surface area (Å²) in [5.41, 5.74) is 6.94. The van der Waals surface area contributed by atoms with E-state index in [0.29, 0.717) is 4.99 Å². The molecule has 2 N–H and O–H groups in total. The van der Waals surface area contributed by atoms with Gasteiger partial charge in [-0.15, -0.1) is 0 Å². The molecule has 0 radical (unpaired) electrons. The van der Waals surface area contributed by atoms with Crippen LogP contribution in [0.3, 0.4) is 0 Å². The predicted octanol–water partition coefficient (Wildman–Crippen LogP) is 1.53. The Hall–Kier alpha value is -1.27. The number of anilines is 1. The lowest BCUT2D eigenvalue weighted by Gasteiger charge is -2.39. The zero-order valence-corrected chi connectivity index (χ0v) is 14.0. The average molecular weight is 307 g/mol. The van der Waals surface area contributed by atoms with Crippen LogP contribution in [0.25, 0.3) is 0 Å². The van der Waals surface area contributed by atoms with Crippen LogP contribution in [0.2, 0.25) is 0 Å². The van der Waals surface area contributed by atoms with Crippen molar-refractivity contribution >= 4 is 23.0 Å². The van der Waals surface area contributed by atoms with E-state index < -0.39 is 0 Å². The first-order valence-electron chi connectivity index (χ1n) is 7.68. The van der Waals surface area contributed by atoms with Crippen LogP contribution < -0.4 is 10.6 Å². The third kappa shape index (κ3) is 3.89. The highest BCUT2D eigenvalue weighted by Gasteiger charge is 2.25. The van der Waals surface area contributed by atoms with Crippen LogP contribution >= 0.6 is 12.2 Å². The summed E-state index contributed by atoms with van der Waals surface area (Å²) in [6, 6.07) is 2.33. The molecule has 6 heteroatoms. The molecule has 1 saturated heterocycles. The van der Waals surface area contributed by atoms with Gasteiger partial charge in [0.05, 0.1) is 11.0 Å². The molecule has 116 valence electrons. The average Bonchev–Trinajstić information content (AvgIpc) is 2.47. The fraction of sp³-hybridized carbons (Fsp3) is 0.667. The molecular weight excluding hydrogens is 282 g/mol. The monoisotopic (exact) mass is 307 g/mol. The van der Waals surface area contributed by atoms with E-state index in [0.717, 1.165) is 56.4 Å². The first kappa shape index (κ1) is 16.1. The Morgan fingerprint density at radius 3 is 2.48 bits per heavy atom. The van der Waals surface area contributed by atoms with E-state index >= 15 is 0 Å². The van der Waals surface area contributed by atoms with Crippen molar-refractivity contribution in [3.8, 4) is 0 Å². The van der Waals surface area contributed by atoms with Crippen LogP contribution in [-0.4, -0.2) is 52.1 Å². The highest BCUT2D eigenvalue weighted by Crippen LogP contribution is 2.17. The second-order valence-corrected chi connectivity index (χ2v) is 5.94. The highest BCUT2D eigenvalue weighted by atomic mass is 32.1. The number of aromatic nitrogens is 2. The summed E-state index contributed by atoms with van der Waals surface area (Å²) < 4.78 is 0. The maximum absolute atomic E-state index is 5.84. The van der Waals surface area contributed by atoms with Crippen molar-refractivity contribution in [1.29, 1.82) is 0 Å². The molecule has 0 saturated carbocycles. The number of hydrogen-bond acceptors (Lipinski definition) is 5. The van der Waals surface area contributed by atoms with E-state index in [9.17, 15) is 0 Å². The normalized spacial score (nSPS) is 17.8. The molecule has 0 amide bonds. The Balaban J connectivity index is 2.04. The second-order valence-electron chi connectivity index (χ2n) is 5.47. The van der Waals surface area contributed by atoms with Gasteiger partial charge in [0.2, 0.25) is 0 Å². The Morgan fingerprint density at radius 1 is 1.29 bits per heavy atom. The van der Waals surface area contributed by atoms with E-state index in [1.54, 1.807) is 0 Å². The van der Waals surface area contributed by atoms with E-state index in [2.05, 4.69) is 39.7 Å². The summed E-state index contributed by atoms with van der Waals surface area (Å²) in [7, 11) is 0. The quantitative estimate of drug-likeness (QED) is 0.833. The number of nitrogens with zero attached hydrogens (tertiary/aromatic N) is 4. The fourth-order valence-corrected chi connectivity index (χ4v) is 3.17. The molecule has 2 heterocycles. The van der Waals surface area contributed by atoms with Gasteiger partial charge in [-0.3, -0.25) is 4.90 Å². The van der Waals surface area contributed by atoms with Crippen LogP contribution in [-0.2, 0) is 6.42 Å². The summed E-state index contributed by atoms with van der Waals surface area (Å²) >= 11 is 5.17. The van der Waals surface area contributed by atoms with Gasteiger partial charge in [-0.25, -0.2) is 9.97 Å². The fourth-order valence-electron chi connectivity index (χ4n) is 2.86. The van der Waals surface area contributed by atoms with Crippen LogP contribution in [0.5, 0.6) is 0 Å². The van der Waals surface area contributed by atoms with Crippen molar-refractivity contribution in [3.05, 3.63) is 17.6 Å². The van der Waals surface area contributed by atoms with Gasteiger partial charge in [0, 0.05) is 37.9 Å². The van der Waals surface area contributed by atoms with Gasteiger partial charge in [-0.1, -0.05) is 26.1 Å². The molecule has 1 aliphatic rings. The number of aryl methyl sites for hydroxylation is 2. The van der Waals surface area contributed by atoms with Crippen LogP contribution in [0, 0.1) is 6.92 Å². The van der Waals surface area contributed by atoms with Crippen LogP contribution in [0.4, 0.5) is 5.82 Å². The molecule has 0 spiro atoms. The summed E-state index contributed by atoms with van der Waals surface area (Å²) in [4.78, 5) is 14.3. The Bertz CT molecular complexity index is 497. The molecule has 2 rings (SSSR count). The van der Waals surface area contributed by atoms with Gasteiger partial charge in [0.1, 0.15) is 11.6 Å². The molecular formula is C15H25N5S. The molecule has 1 aromatic heterocycles. The molecule has 21 heavy (non-hydrogen) atoms. The van der Waals surface area contributed by atoms with Gasteiger partial charge >= 0.3 is 0 Å². The zero-order chi connectivity index (χ0) is 15.4. The van der Waals surface area contributed by atoms with Crippen molar-refractivity contribution in [3.63, 3.8) is 0 Å². The minimum atomic E-state index is 0.223. The largest absolute Gasteiger partial charge is 0.392 e. The third-order valence-electron chi connectivity index (χ3n) is 4.03. The Morgan fingerprint density at radius 2 is 1.95 bits per heavy atom. The molecule has 1 aliphatic heterocycles. The van der Waals surface area contributed by atoms with Crippen molar-refractivity contribution in [1.82, 2.24) is 14.9 Å². The van der Waals surface area contributed by atoms with E-state index in [1.807, 2.05) is 6.92 Å². The Kier molecular flexibility index (Phi) is 5.47. The van der Waals surface area contributed by atoms with E-state index in [-0.39, 0.29) is 6.04 Å². The van der Waals surface area contributed by atoms with Gasteiger partial charge in [-0.05, 0) is 19.8 Å². The molecule has 1 atom stereocenters. The first-order valence-corrected chi connectivity index (χ1v) is 8.08. The van der Waals surface area contributed by atoms with Crippen LogP contribution in [0.1, 0.15) is 31.8 Å². The highest BCUT2D eigenvalue weighted by molar-refractivity contribution is 7.80. The smallest absolute Gasteiger partial charge is 0.132 e.